The Balaban J connectivity index is 1.75. The smallest absolute Gasteiger partial charge is 0.195 e. The summed E-state index contributed by atoms with van der Waals surface area (Å²) in [4.78, 5) is 8.80. The van der Waals surface area contributed by atoms with E-state index in [2.05, 4.69) is 60.3 Å². The van der Waals surface area contributed by atoms with Crippen molar-refractivity contribution in [2.45, 2.75) is 31.8 Å². The third-order valence-corrected chi connectivity index (χ3v) is 5.58. The monoisotopic (exact) mass is 377 g/mol. The molecular formula is C21H23N5S. The van der Waals surface area contributed by atoms with Gasteiger partial charge in [-0.2, -0.15) is 0 Å². The van der Waals surface area contributed by atoms with Crippen LogP contribution in [-0.2, 0) is 11.1 Å². The molecule has 0 aliphatic carbocycles. The number of rotatable bonds is 2. The topological polar surface area (TPSA) is 89.3 Å². The molecule has 6 heteroatoms. The second-order valence-corrected chi connectivity index (χ2v) is 8.75. The van der Waals surface area contributed by atoms with Gasteiger partial charge in [0.2, 0.25) is 0 Å². The zero-order valence-corrected chi connectivity index (χ0v) is 16.5. The Morgan fingerprint density at radius 2 is 1.81 bits per heavy atom. The molecule has 1 aliphatic heterocycles. The van der Waals surface area contributed by atoms with Crippen molar-refractivity contribution in [2.24, 2.45) is 16.5 Å². The summed E-state index contributed by atoms with van der Waals surface area (Å²) in [7, 11) is 0. The van der Waals surface area contributed by atoms with Crippen molar-refractivity contribution < 1.29 is 0 Å². The zero-order valence-electron chi connectivity index (χ0n) is 15.7. The van der Waals surface area contributed by atoms with Crippen LogP contribution < -0.4 is 16.8 Å². The average molecular weight is 378 g/mol. The number of hydrogen-bond donors (Lipinski definition) is 3. The number of hydrogen-bond acceptors (Lipinski definition) is 6. The van der Waals surface area contributed by atoms with E-state index in [1.165, 1.54) is 5.56 Å². The minimum absolute atomic E-state index is 0.106. The van der Waals surface area contributed by atoms with E-state index in [0.29, 0.717) is 5.96 Å². The normalized spacial score (nSPS) is 20.1. The highest BCUT2D eigenvalue weighted by atomic mass is 32.1. The van der Waals surface area contributed by atoms with Crippen LogP contribution in [0.15, 0.2) is 59.0 Å². The number of fused-ring (bicyclic) bond motifs is 1. The van der Waals surface area contributed by atoms with Gasteiger partial charge in [0.25, 0.3) is 0 Å². The molecule has 1 unspecified atom stereocenters. The lowest BCUT2D eigenvalue weighted by Crippen LogP contribution is -2.44. The van der Waals surface area contributed by atoms with Crippen LogP contribution in [0.2, 0.25) is 0 Å². The molecule has 5 N–H and O–H groups in total. The first-order valence-corrected chi connectivity index (χ1v) is 9.71. The Bertz CT molecular complexity index is 1060. The summed E-state index contributed by atoms with van der Waals surface area (Å²) in [5.74, 6) is 0.305. The van der Waals surface area contributed by atoms with Crippen LogP contribution >= 0.6 is 11.3 Å². The van der Waals surface area contributed by atoms with Gasteiger partial charge < -0.3 is 11.1 Å². The van der Waals surface area contributed by atoms with Crippen molar-refractivity contribution >= 4 is 33.2 Å². The first-order valence-electron chi connectivity index (χ1n) is 8.83. The van der Waals surface area contributed by atoms with Crippen LogP contribution in [0, 0.1) is 0 Å². The highest BCUT2D eigenvalue weighted by Crippen LogP contribution is 2.32. The Hall–Kier alpha value is -2.70. The molecule has 0 fully saturated rings. The lowest BCUT2D eigenvalue weighted by molar-refractivity contribution is 0.585. The largest absolute Gasteiger partial charge is 0.370 e. The summed E-state index contributed by atoms with van der Waals surface area (Å²) >= 11 is 1.58. The zero-order chi connectivity index (χ0) is 19.2. The number of thiazole rings is 1. The Morgan fingerprint density at radius 1 is 1.07 bits per heavy atom. The lowest BCUT2D eigenvalue weighted by atomic mass is 9.86. The molecule has 1 aromatic heterocycles. The van der Waals surface area contributed by atoms with E-state index < -0.39 is 5.66 Å². The van der Waals surface area contributed by atoms with E-state index >= 15 is 0 Å². The number of aliphatic imine (C=N–C) groups is 1. The SMILES string of the molecule is CC(C)(C)c1ccc(C2=CC(N)(c3ccc4ncsc4c3)N=C(N)N2)cc1. The standard InChI is InChI=1S/C21H23N5S/c1-20(2,3)14-6-4-13(5-7-14)17-11-21(23,26-19(22)25-17)15-8-9-16-18(10-15)27-12-24-16/h4-12H,23H2,1-3H3,(H3,22,25,26). The summed E-state index contributed by atoms with van der Waals surface area (Å²) in [6.45, 7) is 6.60. The van der Waals surface area contributed by atoms with Gasteiger partial charge in [-0.1, -0.05) is 51.1 Å². The van der Waals surface area contributed by atoms with Gasteiger partial charge in [-0.25, -0.2) is 9.98 Å². The van der Waals surface area contributed by atoms with Gasteiger partial charge in [-0.05, 0) is 40.3 Å². The molecule has 0 radical (unpaired) electrons. The Kier molecular flexibility index (Phi) is 4.05. The molecule has 2 heterocycles. The Labute approximate surface area is 162 Å². The van der Waals surface area contributed by atoms with Gasteiger partial charge in [0.1, 0.15) is 0 Å². The fourth-order valence-electron chi connectivity index (χ4n) is 3.21. The minimum atomic E-state index is -1.02. The van der Waals surface area contributed by atoms with Crippen LogP contribution in [0.25, 0.3) is 15.9 Å². The molecule has 0 bridgehead atoms. The molecule has 0 saturated carbocycles. The summed E-state index contributed by atoms with van der Waals surface area (Å²) in [6, 6.07) is 14.4. The van der Waals surface area contributed by atoms with Crippen LogP contribution in [-0.4, -0.2) is 10.9 Å². The van der Waals surface area contributed by atoms with Crippen molar-refractivity contribution in [1.82, 2.24) is 10.3 Å². The highest BCUT2D eigenvalue weighted by molar-refractivity contribution is 7.16. The van der Waals surface area contributed by atoms with Gasteiger partial charge in [0.05, 0.1) is 15.7 Å². The number of aromatic nitrogens is 1. The molecule has 0 spiro atoms. The third kappa shape index (κ3) is 3.34. The van der Waals surface area contributed by atoms with Crippen molar-refractivity contribution in [3.63, 3.8) is 0 Å². The van der Waals surface area contributed by atoms with E-state index in [0.717, 1.165) is 27.0 Å². The minimum Gasteiger partial charge on any atom is -0.370 e. The molecule has 3 aromatic rings. The maximum Gasteiger partial charge on any atom is 0.195 e. The van der Waals surface area contributed by atoms with Gasteiger partial charge in [-0.15, -0.1) is 11.3 Å². The summed E-state index contributed by atoms with van der Waals surface area (Å²) < 4.78 is 1.08. The van der Waals surface area contributed by atoms with Crippen molar-refractivity contribution in [3.8, 4) is 0 Å². The molecular weight excluding hydrogens is 354 g/mol. The number of benzene rings is 2. The van der Waals surface area contributed by atoms with Crippen LogP contribution in [0.1, 0.15) is 37.5 Å². The molecule has 2 aromatic carbocycles. The second kappa shape index (κ2) is 6.18. The summed E-state index contributed by atoms with van der Waals surface area (Å²) in [5.41, 5.74) is 18.6. The van der Waals surface area contributed by atoms with E-state index in [1.54, 1.807) is 11.3 Å². The first kappa shape index (κ1) is 17.7. The molecule has 27 heavy (non-hydrogen) atoms. The van der Waals surface area contributed by atoms with Crippen molar-refractivity contribution in [2.75, 3.05) is 0 Å². The number of guanidine groups is 1. The quantitative estimate of drug-likeness (QED) is 0.636. The predicted octanol–water partition coefficient (Wildman–Crippen LogP) is 3.66. The number of nitrogens with zero attached hydrogens (tertiary/aromatic N) is 2. The highest BCUT2D eigenvalue weighted by Gasteiger charge is 2.30. The Morgan fingerprint density at radius 3 is 2.52 bits per heavy atom. The summed E-state index contributed by atoms with van der Waals surface area (Å²) in [6.07, 6.45) is 1.93. The average Bonchev–Trinajstić information content (AvgIpc) is 3.08. The lowest BCUT2D eigenvalue weighted by Gasteiger charge is -2.29. The van der Waals surface area contributed by atoms with Crippen LogP contribution in [0.5, 0.6) is 0 Å². The van der Waals surface area contributed by atoms with E-state index in [9.17, 15) is 0 Å². The fourth-order valence-corrected chi connectivity index (χ4v) is 3.93. The predicted molar refractivity (Wildman–Crippen MR) is 113 cm³/mol. The molecule has 5 nitrogen and oxygen atoms in total. The van der Waals surface area contributed by atoms with Gasteiger partial charge >= 0.3 is 0 Å². The molecule has 0 amide bonds. The van der Waals surface area contributed by atoms with Crippen molar-refractivity contribution in [3.05, 3.63) is 70.7 Å². The van der Waals surface area contributed by atoms with Gasteiger partial charge in [0, 0.05) is 5.70 Å². The van der Waals surface area contributed by atoms with E-state index in [-0.39, 0.29) is 5.41 Å². The maximum absolute atomic E-state index is 6.66. The van der Waals surface area contributed by atoms with Gasteiger partial charge in [-0.3, -0.25) is 5.73 Å². The van der Waals surface area contributed by atoms with Crippen LogP contribution in [0.3, 0.4) is 0 Å². The maximum atomic E-state index is 6.66. The summed E-state index contributed by atoms with van der Waals surface area (Å²) in [5, 5.41) is 3.15. The molecule has 1 atom stereocenters. The number of nitrogens with two attached hydrogens (primary N) is 2. The molecule has 138 valence electrons. The van der Waals surface area contributed by atoms with Crippen LogP contribution in [0.4, 0.5) is 0 Å². The van der Waals surface area contributed by atoms with Gasteiger partial charge in [0.15, 0.2) is 11.6 Å². The first-order chi connectivity index (χ1) is 12.7. The van der Waals surface area contributed by atoms with E-state index in [1.807, 2.05) is 29.8 Å². The fraction of sp³-hybridized carbons (Fsp3) is 0.238. The molecule has 1 aliphatic rings. The van der Waals surface area contributed by atoms with Crippen molar-refractivity contribution in [1.29, 1.82) is 0 Å². The number of nitrogens with one attached hydrogen (secondary N) is 1. The molecule has 0 saturated heterocycles. The molecule has 4 rings (SSSR count). The third-order valence-electron chi connectivity index (χ3n) is 4.79. The second-order valence-electron chi connectivity index (χ2n) is 7.87. The van der Waals surface area contributed by atoms with E-state index in [4.69, 9.17) is 11.5 Å².